The molecule has 1 N–H and O–H groups in total. The fourth-order valence-electron chi connectivity index (χ4n) is 2.64. The van der Waals surface area contributed by atoms with Crippen molar-refractivity contribution in [2.45, 2.75) is 13.1 Å². The van der Waals surface area contributed by atoms with Crippen LogP contribution >= 0.6 is 0 Å². The number of nitro benzene ring substituents is 1. The van der Waals surface area contributed by atoms with E-state index in [2.05, 4.69) is 5.10 Å². The van der Waals surface area contributed by atoms with Crippen LogP contribution in [0.15, 0.2) is 84.0 Å². The van der Waals surface area contributed by atoms with Gasteiger partial charge >= 0.3 is 5.69 Å². The van der Waals surface area contributed by atoms with Crippen LogP contribution in [0.25, 0.3) is 0 Å². The highest BCUT2D eigenvalue weighted by atomic mass is 16.6. The number of benzene rings is 3. The van der Waals surface area contributed by atoms with Crippen LogP contribution in [0, 0.1) is 10.1 Å². The van der Waals surface area contributed by atoms with Crippen molar-refractivity contribution in [3.8, 4) is 5.75 Å². The van der Waals surface area contributed by atoms with Crippen LogP contribution in [-0.4, -0.2) is 21.3 Å². The largest absolute Gasteiger partial charge is 0.502 e. The first kappa shape index (κ1) is 18.1. The molecule has 6 nitrogen and oxygen atoms in total. The maximum Gasteiger partial charge on any atom is 0.311 e. The Balaban J connectivity index is 1.83. The lowest BCUT2D eigenvalue weighted by molar-refractivity contribution is -0.385. The molecule has 0 atom stereocenters. The van der Waals surface area contributed by atoms with Gasteiger partial charge in [0.05, 0.1) is 24.2 Å². The minimum Gasteiger partial charge on any atom is -0.502 e. The quantitative estimate of drug-likeness (QED) is 0.386. The van der Waals surface area contributed by atoms with E-state index in [1.165, 1.54) is 12.1 Å². The average molecular weight is 361 g/mol. The Morgan fingerprint density at radius 1 is 0.926 bits per heavy atom. The van der Waals surface area contributed by atoms with Gasteiger partial charge in [-0.25, -0.2) is 0 Å². The molecule has 0 bridgehead atoms. The Kier molecular flexibility index (Phi) is 5.79. The zero-order chi connectivity index (χ0) is 19.1. The molecule has 0 radical (unpaired) electrons. The van der Waals surface area contributed by atoms with Crippen LogP contribution in [0.1, 0.15) is 16.7 Å². The number of hydrazone groups is 1. The summed E-state index contributed by atoms with van der Waals surface area (Å²) in [7, 11) is 0. The lowest BCUT2D eigenvalue weighted by Crippen LogP contribution is -2.17. The molecule has 0 unspecified atom stereocenters. The number of phenols is 1. The highest BCUT2D eigenvalue weighted by Gasteiger charge is 2.13. The van der Waals surface area contributed by atoms with E-state index in [4.69, 9.17) is 0 Å². The van der Waals surface area contributed by atoms with Gasteiger partial charge in [-0.1, -0.05) is 60.7 Å². The van der Waals surface area contributed by atoms with Crippen molar-refractivity contribution in [1.29, 1.82) is 0 Å². The summed E-state index contributed by atoms with van der Waals surface area (Å²) in [5, 5.41) is 27.0. The molecule has 0 aliphatic carbocycles. The monoisotopic (exact) mass is 361 g/mol. The maximum absolute atomic E-state index is 11.0. The van der Waals surface area contributed by atoms with Gasteiger partial charge in [-0.3, -0.25) is 15.1 Å². The van der Waals surface area contributed by atoms with Gasteiger partial charge in [-0.05, 0) is 23.3 Å². The highest BCUT2D eigenvalue weighted by molar-refractivity contribution is 5.81. The predicted octanol–water partition coefficient (Wildman–Crippen LogP) is 4.34. The molecule has 6 heteroatoms. The molecule has 0 spiro atoms. The number of aromatic hydroxyl groups is 1. The van der Waals surface area contributed by atoms with Gasteiger partial charge in [0.15, 0.2) is 5.75 Å². The molecule has 27 heavy (non-hydrogen) atoms. The summed E-state index contributed by atoms with van der Waals surface area (Å²) in [4.78, 5) is 10.4. The van der Waals surface area contributed by atoms with Crippen molar-refractivity contribution in [3.63, 3.8) is 0 Å². The summed E-state index contributed by atoms with van der Waals surface area (Å²) in [6.07, 6.45) is 1.57. The Labute approximate surface area is 157 Å². The van der Waals surface area contributed by atoms with Crippen LogP contribution in [-0.2, 0) is 13.1 Å². The van der Waals surface area contributed by atoms with Crippen molar-refractivity contribution >= 4 is 11.9 Å². The first-order valence-corrected chi connectivity index (χ1v) is 8.46. The molecular weight excluding hydrogens is 342 g/mol. The van der Waals surface area contributed by atoms with Crippen LogP contribution in [0.2, 0.25) is 0 Å². The third-order valence-electron chi connectivity index (χ3n) is 3.98. The normalized spacial score (nSPS) is 10.8. The van der Waals surface area contributed by atoms with E-state index in [9.17, 15) is 15.2 Å². The van der Waals surface area contributed by atoms with E-state index in [1.807, 2.05) is 65.7 Å². The molecule has 0 fully saturated rings. The van der Waals surface area contributed by atoms with Crippen molar-refractivity contribution in [2.75, 3.05) is 0 Å². The number of rotatable bonds is 7. The van der Waals surface area contributed by atoms with E-state index in [1.54, 1.807) is 12.3 Å². The van der Waals surface area contributed by atoms with Crippen molar-refractivity contribution < 1.29 is 10.0 Å². The molecule has 3 rings (SSSR count). The van der Waals surface area contributed by atoms with Gasteiger partial charge in [-0.15, -0.1) is 0 Å². The van der Waals surface area contributed by atoms with Gasteiger partial charge in [0.1, 0.15) is 0 Å². The molecule has 136 valence electrons. The van der Waals surface area contributed by atoms with Gasteiger partial charge in [0.25, 0.3) is 0 Å². The van der Waals surface area contributed by atoms with Gasteiger partial charge in [-0.2, -0.15) is 5.10 Å². The molecule has 3 aromatic rings. The Morgan fingerprint density at radius 3 is 2.00 bits per heavy atom. The minimum absolute atomic E-state index is 0.336. The summed E-state index contributed by atoms with van der Waals surface area (Å²) in [5.41, 5.74) is 2.44. The first-order chi connectivity index (χ1) is 13.1. The molecule has 0 saturated carbocycles. The van der Waals surface area contributed by atoms with Gasteiger partial charge < -0.3 is 5.11 Å². The first-order valence-electron chi connectivity index (χ1n) is 8.46. The zero-order valence-electron chi connectivity index (χ0n) is 14.6. The van der Waals surface area contributed by atoms with E-state index in [0.717, 1.165) is 11.1 Å². The maximum atomic E-state index is 11.0. The van der Waals surface area contributed by atoms with Crippen molar-refractivity contribution in [2.24, 2.45) is 5.10 Å². The highest BCUT2D eigenvalue weighted by Crippen LogP contribution is 2.25. The lowest BCUT2D eigenvalue weighted by atomic mass is 10.2. The molecule has 3 aromatic carbocycles. The van der Waals surface area contributed by atoms with Gasteiger partial charge in [0, 0.05) is 11.6 Å². The molecule has 0 saturated heterocycles. The fourth-order valence-corrected chi connectivity index (χ4v) is 2.64. The van der Waals surface area contributed by atoms with Crippen LogP contribution in [0.5, 0.6) is 5.75 Å². The summed E-state index contributed by atoms with van der Waals surface area (Å²) in [5.74, 6) is -0.359. The molecule has 0 aliphatic rings. The Hall–Kier alpha value is -3.67. The second kappa shape index (κ2) is 8.62. The smallest absolute Gasteiger partial charge is 0.311 e. The second-order valence-electron chi connectivity index (χ2n) is 6.04. The van der Waals surface area contributed by atoms with Crippen LogP contribution in [0.3, 0.4) is 0 Å². The molecule has 0 heterocycles. The Morgan fingerprint density at radius 2 is 1.48 bits per heavy atom. The third-order valence-corrected chi connectivity index (χ3v) is 3.98. The summed E-state index contributed by atoms with van der Waals surface area (Å²) in [6, 6.07) is 24.1. The number of nitro groups is 1. The van der Waals surface area contributed by atoms with E-state index >= 15 is 0 Å². The minimum atomic E-state index is -0.613. The standard InChI is InChI=1S/C21H19N3O3/c25-21-12-11-19(13-20(21)24(26)27)14-22-23(15-17-7-3-1-4-8-17)16-18-9-5-2-6-10-18/h1-14,25H,15-16H2/b22-14+. The predicted molar refractivity (Wildman–Crippen MR) is 104 cm³/mol. The lowest BCUT2D eigenvalue weighted by Gasteiger charge is -2.19. The molecular formula is C21H19N3O3. The van der Waals surface area contributed by atoms with Crippen LogP contribution in [0.4, 0.5) is 5.69 Å². The molecule has 0 aromatic heterocycles. The second-order valence-corrected chi connectivity index (χ2v) is 6.04. The number of phenolic OH excluding ortho intramolecular Hbond substituents is 1. The third kappa shape index (κ3) is 5.15. The summed E-state index contributed by atoms with van der Waals surface area (Å²) in [6.45, 7) is 1.21. The number of nitrogens with zero attached hydrogens (tertiary/aromatic N) is 3. The molecule has 0 aliphatic heterocycles. The summed E-state index contributed by atoms with van der Waals surface area (Å²) >= 11 is 0. The molecule has 0 amide bonds. The Bertz CT molecular complexity index is 886. The number of hydrogen-bond acceptors (Lipinski definition) is 5. The van der Waals surface area contributed by atoms with Crippen LogP contribution < -0.4 is 0 Å². The topological polar surface area (TPSA) is 79.0 Å². The summed E-state index contributed by atoms with van der Waals surface area (Å²) < 4.78 is 0. The zero-order valence-corrected chi connectivity index (χ0v) is 14.6. The number of hydrogen-bond donors (Lipinski definition) is 1. The SMILES string of the molecule is O=[N+]([O-])c1cc(/C=N/N(Cc2ccccc2)Cc2ccccc2)ccc1O. The fraction of sp³-hybridized carbons (Fsp3) is 0.0952. The van der Waals surface area contributed by atoms with Crippen molar-refractivity contribution in [3.05, 3.63) is 106 Å². The van der Waals surface area contributed by atoms with E-state index in [0.29, 0.717) is 18.7 Å². The van der Waals surface area contributed by atoms with Crippen molar-refractivity contribution in [1.82, 2.24) is 5.01 Å². The van der Waals surface area contributed by atoms with E-state index in [-0.39, 0.29) is 11.4 Å². The van der Waals surface area contributed by atoms with E-state index < -0.39 is 4.92 Å². The van der Waals surface area contributed by atoms with Gasteiger partial charge in [0.2, 0.25) is 0 Å². The average Bonchev–Trinajstić information content (AvgIpc) is 2.68.